The largest absolute Gasteiger partial charge is 0.315 e. The second-order valence-electron chi connectivity index (χ2n) is 5.39. The van der Waals surface area contributed by atoms with Crippen LogP contribution in [-0.2, 0) is 0 Å². The molecule has 2 nitrogen and oxygen atoms in total. The summed E-state index contributed by atoms with van der Waals surface area (Å²) in [5, 5.41) is 3.50. The van der Waals surface area contributed by atoms with E-state index in [1.165, 1.54) is 17.7 Å². The average molecular weight is 232 g/mol. The molecule has 0 aromatic heterocycles. The van der Waals surface area contributed by atoms with Crippen LogP contribution in [0.3, 0.4) is 0 Å². The molecule has 0 bridgehead atoms. The number of aryl methyl sites for hydroxylation is 1. The average Bonchev–Trinajstić information content (AvgIpc) is 2.54. The van der Waals surface area contributed by atoms with Crippen molar-refractivity contribution in [2.75, 3.05) is 26.2 Å². The lowest BCUT2D eigenvalue weighted by Crippen LogP contribution is -2.32. The number of rotatable bonds is 2. The molecule has 0 radical (unpaired) electrons. The van der Waals surface area contributed by atoms with E-state index < -0.39 is 0 Å². The van der Waals surface area contributed by atoms with Crippen LogP contribution in [0.2, 0.25) is 0 Å². The van der Waals surface area contributed by atoms with Crippen molar-refractivity contribution in [2.24, 2.45) is 5.92 Å². The van der Waals surface area contributed by atoms with E-state index in [0.717, 1.165) is 25.6 Å². The van der Waals surface area contributed by atoms with Gasteiger partial charge in [-0.25, -0.2) is 0 Å². The van der Waals surface area contributed by atoms with Gasteiger partial charge in [0.2, 0.25) is 0 Å². The highest BCUT2D eigenvalue weighted by Crippen LogP contribution is 2.22. The molecule has 1 aromatic carbocycles. The van der Waals surface area contributed by atoms with Gasteiger partial charge >= 0.3 is 0 Å². The smallest absolute Gasteiger partial charge is 0.0320 e. The Labute approximate surface area is 105 Å². The summed E-state index contributed by atoms with van der Waals surface area (Å²) in [4.78, 5) is 2.59. The zero-order chi connectivity index (χ0) is 12.3. The summed E-state index contributed by atoms with van der Waals surface area (Å²) >= 11 is 0. The molecule has 2 rings (SSSR count). The third kappa shape index (κ3) is 3.30. The standard InChI is InChI=1S/C15H24N2/c1-12-4-6-15(7-5-12)14(3)17-9-8-16-10-13(2)11-17/h4-7,13-14,16H,8-11H2,1-3H3. The lowest BCUT2D eigenvalue weighted by molar-refractivity contribution is 0.204. The van der Waals surface area contributed by atoms with Gasteiger partial charge in [0.15, 0.2) is 0 Å². The third-order valence-electron chi connectivity index (χ3n) is 3.72. The van der Waals surface area contributed by atoms with Gasteiger partial charge in [-0.15, -0.1) is 0 Å². The fourth-order valence-corrected chi connectivity index (χ4v) is 2.53. The maximum absolute atomic E-state index is 3.50. The first kappa shape index (κ1) is 12.6. The molecular weight excluding hydrogens is 208 g/mol. The van der Waals surface area contributed by atoms with Crippen LogP contribution in [0.15, 0.2) is 24.3 Å². The molecule has 1 saturated heterocycles. The van der Waals surface area contributed by atoms with E-state index in [2.05, 4.69) is 55.3 Å². The molecule has 1 N–H and O–H groups in total. The Morgan fingerprint density at radius 1 is 1.29 bits per heavy atom. The number of hydrogen-bond donors (Lipinski definition) is 1. The Bertz CT molecular complexity index is 344. The molecule has 2 unspecified atom stereocenters. The van der Waals surface area contributed by atoms with Crippen LogP contribution in [0.1, 0.15) is 31.0 Å². The predicted octanol–water partition coefficient (Wildman–Crippen LogP) is 2.60. The minimum Gasteiger partial charge on any atom is -0.315 e. The molecular formula is C15H24N2. The summed E-state index contributed by atoms with van der Waals surface area (Å²) in [6.07, 6.45) is 0. The summed E-state index contributed by atoms with van der Waals surface area (Å²) < 4.78 is 0. The van der Waals surface area contributed by atoms with Gasteiger partial charge in [-0.2, -0.15) is 0 Å². The Kier molecular flexibility index (Phi) is 4.19. The van der Waals surface area contributed by atoms with Crippen LogP contribution < -0.4 is 5.32 Å². The summed E-state index contributed by atoms with van der Waals surface area (Å²) in [5.41, 5.74) is 2.77. The quantitative estimate of drug-likeness (QED) is 0.843. The van der Waals surface area contributed by atoms with Crippen LogP contribution in [0.25, 0.3) is 0 Å². The molecule has 94 valence electrons. The van der Waals surface area contributed by atoms with Crippen LogP contribution in [0.5, 0.6) is 0 Å². The van der Waals surface area contributed by atoms with E-state index in [1.807, 2.05) is 0 Å². The Hall–Kier alpha value is -0.860. The van der Waals surface area contributed by atoms with Gasteiger partial charge in [0.05, 0.1) is 0 Å². The number of hydrogen-bond acceptors (Lipinski definition) is 2. The van der Waals surface area contributed by atoms with Crippen LogP contribution >= 0.6 is 0 Å². The Morgan fingerprint density at radius 3 is 2.71 bits per heavy atom. The van der Waals surface area contributed by atoms with Crippen molar-refractivity contribution in [3.8, 4) is 0 Å². The first-order valence-corrected chi connectivity index (χ1v) is 6.68. The van der Waals surface area contributed by atoms with Gasteiger partial charge in [0, 0.05) is 25.7 Å². The SMILES string of the molecule is Cc1ccc(C(C)N2CCNCC(C)C2)cc1. The van der Waals surface area contributed by atoms with Crippen molar-refractivity contribution in [3.63, 3.8) is 0 Å². The van der Waals surface area contributed by atoms with E-state index >= 15 is 0 Å². The maximum atomic E-state index is 3.50. The van der Waals surface area contributed by atoms with Crippen molar-refractivity contribution in [1.82, 2.24) is 10.2 Å². The zero-order valence-corrected chi connectivity index (χ0v) is 11.2. The minimum absolute atomic E-state index is 0.526. The topological polar surface area (TPSA) is 15.3 Å². The highest BCUT2D eigenvalue weighted by molar-refractivity contribution is 5.23. The predicted molar refractivity (Wildman–Crippen MR) is 73.2 cm³/mol. The highest BCUT2D eigenvalue weighted by atomic mass is 15.2. The lowest BCUT2D eigenvalue weighted by atomic mass is 10.0. The molecule has 1 aliphatic rings. The number of benzene rings is 1. The summed E-state index contributed by atoms with van der Waals surface area (Å²) in [7, 11) is 0. The van der Waals surface area contributed by atoms with E-state index in [9.17, 15) is 0 Å². The summed E-state index contributed by atoms with van der Waals surface area (Å²) in [6.45, 7) is 11.4. The molecule has 0 aliphatic carbocycles. The van der Waals surface area contributed by atoms with Gasteiger partial charge in [0.1, 0.15) is 0 Å². The lowest BCUT2D eigenvalue weighted by Gasteiger charge is -2.29. The van der Waals surface area contributed by atoms with E-state index in [0.29, 0.717) is 6.04 Å². The van der Waals surface area contributed by atoms with E-state index in [1.54, 1.807) is 0 Å². The molecule has 1 aromatic rings. The fourth-order valence-electron chi connectivity index (χ4n) is 2.53. The van der Waals surface area contributed by atoms with Crippen molar-refractivity contribution < 1.29 is 0 Å². The minimum atomic E-state index is 0.526. The van der Waals surface area contributed by atoms with Crippen LogP contribution in [0.4, 0.5) is 0 Å². The van der Waals surface area contributed by atoms with Crippen LogP contribution in [-0.4, -0.2) is 31.1 Å². The normalized spacial score (nSPS) is 24.3. The first-order chi connectivity index (χ1) is 8.16. The van der Waals surface area contributed by atoms with Crippen molar-refractivity contribution in [3.05, 3.63) is 35.4 Å². The second kappa shape index (κ2) is 5.65. The van der Waals surface area contributed by atoms with Gasteiger partial charge < -0.3 is 5.32 Å². The monoisotopic (exact) mass is 232 g/mol. The molecule has 0 spiro atoms. The number of nitrogens with zero attached hydrogens (tertiary/aromatic N) is 1. The van der Waals surface area contributed by atoms with Crippen molar-refractivity contribution in [1.29, 1.82) is 0 Å². The van der Waals surface area contributed by atoms with Gasteiger partial charge in [-0.3, -0.25) is 4.90 Å². The van der Waals surface area contributed by atoms with Crippen LogP contribution in [0, 0.1) is 12.8 Å². The molecule has 0 saturated carbocycles. The van der Waals surface area contributed by atoms with Gasteiger partial charge in [0.25, 0.3) is 0 Å². The van der Waals surface area contributed by atoms with Gasteiger partial charge in [-0.1, -0.05) is 36.8 Å². The number of nitrogens with one attached hydrogen (secondary N) is 1. The molecule has 1 fully saturated rings. The molecule has 2 heteroatoms. The third-order valence-corrected chi connectivity index (χ3v) is 3.72. The molecule has 1 aliphatic heterocycles. The zero-order valence-electron chi connectivity index (χ0n) is 11.2. The van der Waals surface area contributed by atoms with Crippen molar-refractivity contribution >= 4 is 0 Å². The molecule has 0 amide bonds. The summed E-state index contributed by atoms with van der Waals surface area (Å²) in [5.74, 6) is 0.741. The molecule has 1 heterocycles. The fraction of sp³-hybridized carbons (Fsp3) is 0.600. The second-order valence-corrected chi connectivity index (χ2v) is 5.39. The summed E-state index contributed by atoms with van der Waals surface area (Å²) in [6, 6.07) is 9.49. The van der Waals surface area contributed by atoms with Gasteiger partial charge in [-0.05, 0) is 31.9 Å². The van der Waals surface area contributed by atoms with E-state index in [4.69, 9.17) is 0 Å². The Balaban J connectivity index is 2.07. The maximum Gasteiger partial charge on any atom is 0.0320 e. The molecule has 2 atom stereocenters. The highest BCUT2D eigenvalue weighted by Gasteiger charge is 2.20. The Morgan fingerprint density at radius 2 is 2.00 bits per heavy atom. The first-order valence-electron chi connectivity index (χ1n) is 6.68. The van der Waals surface area contributed by atoms with E-state index in [-0.39, 0.29) is 0 Å². The molecule has 17 heavy (non-hydrogen) atoms. The van der Waals surface area contributed by atoms with Crippen molar-refractivity contribution in [2.45, 2.75) is 26.8 Å².